The maximum Gasteiger partial charge on any atom is 0.189 e. The van der Waals surface area contributed by atoms with Gasteiger partial charge in [0.05, 0.1) is 20.4 Å². The lowest BCUT2D eigenvalue weighted by Crippen LogP contribution is -2.10. The molecule has 0 saturated carbocycles. The number of halogens is 3. The maximum absolute atomic E-state index is 6.01. The Hall–Kier alpha value is -1.57. The highest BCUT2D eigenvalue weighted by Gasteiger charge is 2.11. The van der Waals surface area contributed by atoms with Crippen molar-refractivity contribution in [3.05, 3.63) is 58.8 Å². The van der Waals surface area contributed by atoms with E-state index in [0.717, 1.165) is 20.4 Å². The van der Waals surface area contributed by atoms with E-state index < -0.39 is 0 Å². The zero-order valence-corrected chi connectivity index (χ0v) is 16.5. The number of benzene rings is 2. The molecule has 2 N–H and O–H groups in total. The molecule has 2 aromatic heterocycles. The van der Waals surface area contributed by atoms with Gasteiger partial charge in [0.1, 0.15) is 10.3 Å². The Morgan fingerprint density at radius 1 is 0.760 bits per heavy atom. The molecule has 0 fully saturated rings. The number of rotatable bonds is 4. The van der Waals surface area contributed by atoms with Crippen LogP contribution in [0.25, 0.3) is 20.4 Å². The van der Waals surface area contributed by atoms with E-state index in [-0.39, 0.29) is 16.9 Å². The summed E-state index contributed by atoms with van der Waals surface area (Å²) in [5.41, 5.74) is 1.85. The van der Waals surface area contributed by atoms with Crippen LogP contribution in [-0.4, -0.2) is 9.97 Å². The molecule has 4 nitrogen and oxygen atoms in total. The van der Waals surface area contributed by atoms with Crippen molar-refractivity contribution >= 4 is 89.0 Å². The minimum atomic E-state index is 0. The highest BCUT2D eigenvalue weighted by Crippen LogP contribution is 2.30. The zero-order valence-electron chi connectivity index (χ0n) is 12.5. The van der Waals surface area contributed by atoms with E-state index in [4.69, 9.17) is 23.2 Å². The van der Waals surface area contributed by atoms with Crippen molar-refractivity contribution < 1.29 is 0 Å². The third kappa shape index (κ3) is 3.99. The van der Waals surface area contributed by atoms with Crippen molar-refractivity contribution in [2.75, 3.05) is 10.6 Å². The average molecular weight is 430 g/mol. The Kier molecular flexibility index (Phi) is 5.66. The number of nitrogens with one attached hydrogen (secondary N) is 2. The van der Waals surface area contributed by atoms with Crippen molar-refractivity contribution in [2.45, 2.75) is 0 Å². The number of nitrogens with zero attached hydrogens (tertiary/aromatic N) is 2. The summed E-state index contributed by atoms with van der Waals surface area (Å²) in [7, 11) is 0. The molecule has 4 aromatic rings. The smallest absolute Gasteiger partial charge is 0.189 e. The summed E-state index contributed by atoms with van der Waals surface area (Å²) in [5, 5.41) is 7.69. The number of thiazole rings is 2. The van der Waals surface area contributed by atoms with Crippen LogP contribution in [0.4, 0.5) is 10.3 Å². The highest BCUT2D eigenvalue weighted by molar-refractivity contribution is 7.22. The molecule has 2 aromatic carbocycles. The van der Waals surface area contributed by atoms with Crippen molar-refractivity contribution in [1.82, 2.24) is 9.97 Å². The molecule has 0 aliphatic carbocycles. The fraction of sp³-hybridized carbons (Fsp3) is 0. The first kappa shape index (κ1) is 18.2. The molecule has 128 valence electrons. The van der Waals surface area contributed by atoms with Gasteiger partial charge in [-0.05, 0) is 24.3 Å². The van der Waals surface area contributed by atoms with Gasteiger partial charge in [-0.1, -0.05) is 70.1 Å². The molecule has 0 aliphatic rings. The predicted octanol–water partition coefficient (Wildman–Crippen LogP) is 6.46. The molecule has 0 saturated heterocycles. The summed E-state index contributed by atoms with van der Waals surface area (Å²) in [5.74, 6) is 0.455. The van der Waals surface area contributed by atoms with Gasteiger partial charge < -0.3 is 10.6 Å². The van der Waals surface area contributed by atoms with Crippen molar-refractivity contribution in [3.8, 4) is 0 Å². The molecule has 9 heteroatoms. The van der Waals surface area contributed by atoms with E-state index in [1.165, 1.54) is 22.7 Å². The summed E-state index contributed by atoms with van der Waals surface area (Å²) in [4.78, 5) is 9.04. The van der Waals surface area contributed by atoms with Crippen LogP contribution in [-0.2, 0) is 0 Å². The molecule has 0 bridgehead atoms. The molecular formula is C16H11Cl3N4S2. The first-order chi connectivity index (χ1) is 11.7. The van der Waals surface area contributed by atoms with Gasteiger partial charge in [0, 0.05) is 0 Å². The maximum atomic E-state index is 6.01. The number of hydrogen-bond donors (Lipinski definition) is 2. The van der Waals surface area contributed by atoms with Crippen molar-refractivity contribution in [2.24, 2.45) is 0 Å². The van der Waals surface area contributed by atoms with Gasteiger partial charge in [-0.3, -0.25) is 0 Å². The Morgan fingerprint density at radius 2 is 1.20 bits per heavy atom. The number of para-hydroxylation sites is 2. The van der Waals surface area contributed by atoms with E-state index in [0.29, 0.717) is 16.1 Å². The summed E-state index contributed by atoms with van der Waals surface area (Å²) in [6, 6.07) is 15.8. The molecule has 0 atom stereocenters. The Balaban J connectivity index is 0.00000182. The van der Waals surface area contributed by atoms with Gasteiger partial charge in [0.2, 0.25) is 0 Å². The van der Waals surface area contributed by atoms with E-state index in [1.54, 1.807) is 0 Å². The molecule has 4 rings (SSSR count). The fourth-order valence-electron chi connectivity index (χ4n) is 2.19. The molecule has 2 heterocycles. The van der Waals surface area contributed by atoms with Crippen molar-refractivity contribution in [1.29, 1.82) is 0 Å². The van der Waals surface area contributed by atoms with Crippen LogP contribution in [0.2, 0.25) is 0 Å². The largest absolute Gasteiger partial charge is 0.316 e. The van der Waals surface area contributed by atoms with Crippen LogP contribution >= 0.6 is 58.3 Å². The molecule has 0 aliphatic heterocycles. The second-order valence-corrected chi connectivity index (χ2v) is 7.87. The van der Waals surface area contributed by atoms with E-state index in [2.05, 4.69) is 20.6 Å². The summed E-state index contributed by atoms with van der Waals surface area (Å²) in [6.45, 7) is 0. The molecule has 0 unspecified atom stereocenters. The SMILES string of the molecule is Cl.ClC(Cl)=C(Nc1nc2ccccc2s1)Nc1nc2ccccc2s1. The first-order valence-electron chi connectivity index (χ1n) is 6.99. The normalized spacial score (nSPS) is 10.5. The lowest BCUT2D eigenvalue weighted by Gasteiger charge is -2.09. The van der Waals surface area contributed by atoms with Crippen LogP contribution in [0.15, 0.2) is 58.8 Å². The standard InChI is InChI=1S/C16H10Cl2N4S2.ClH/c17-13(18)14(21-15-19-9-5-1-3-7-11(9)23-15)22-16-20-10-6-2-4-8-12(10)24-16;/h1-8H,(H,19,21)(H,20,22);1H. The fourth-order valence-corrected chi connectivity index (χ4v) is 4.12. The second kappa shape index (κ2) is 7.76. The number of anilines is 2. The summed E-state index contributed by atoms with van der Waals surface area (Å²) < 4.78 is 2.27. The molecular weight excluding hydrogens is 419 g/mol. The highest BCUT2D eigenvalue weighted by atomic mass is 35.5. The molecule has 0 radical (unpaired) electrons. The number of hydrogen-bond acceptors (Lipinski definition) is 6. The van der Waals surface area contributed by atoms with Crippen LogP contribution in [0.5, 0.6) is 0 Å². The Morgan fingerprint density at radius 3 is 1.60 bits per heavy atom. The molecule has 25 heavy (non-hydrogen) atoms. The minimum absolute atomic E-state index is 0. The number of aromatic nitrogens is 2. The molecule has 0 spiro atoms. The van der Waals surface area contributed by atoms with Gasteiger partial charge in [-0.15, -0.1) is 12.4 Å². The summed E-state index contributed by atoms with van der Waals surface area (Å²) in [6.07, 6.45) is 0. The third-order valence-electron chi connectivity index (χ3n) is 3.24. The predicted molar refractivity (Wildman–Crippen MR) is 112 cm³/mol. The Bertz CT molecular complexity index is 910. The zero-order chi connectivity index (χ0) is 16.5. The van der Waals surface area contributed by atoms with Gasteiger partial charge in [-0.2, -0.15) is 0 Å². The van der Waals surface area contributed by atoms with Crippen LogP contribution in [0.3, 0.4) is 0 Å². The van der Waals surface area contributed by atoms with Crippen LogP contribution in [0.1, 0.15) is 0 Å². The molecule has 0 amide bonds. The van der Waals surface area contributed by atoms with E-state index in [1.807, 2.05) is 48.5 Å². The average Bonchev–Trinajstić information content (AvgIpc) is 3.16. The van der Waals surface area contributed by atoms with Gasteiger partial charge in [0.15, 0.2) is 10.3 Å². The lowest BCUT2D eigenvalue weighted by atomic mass is 10.3. The third-order valence-corrected chi connectivity index (χ3v) is 5.52. The lowest BCUT2D eigenvalue weighted by molar-refractivity contribution is 1.31. The Labute approximate surface area is 167 Å². The monoisotopic (exact) mass is 428 g/mol. The first-order valence-corrected chi connectivity index (χ1v) is 9.38. The summed E-state index contributed by atoms with van der Waals surface area (Å²) >= 11 is 15.1. The van der Waals surface area contributed by atoms with Gasteiger partial charge in [-0.25, -0.2) is 9.97 Å². The van der Waals surface area contributed by atoms with Crippen molar-refractivity contribution in [3.63, 3.8) is 0 Å². The van der Waals surface area contributed by atoms with Crippen LogP contribution in [0, 0.1) is 0 Å². The topological polar surface area (TPSA) is 49.8 Å². The quantitative estimate of drug-likeness (QED) is 0.391. The second-order valence-electron chi connectivity index (χ2n) is 4.86. The van der Waals surface area contributed by atoms with E-state index in [9.17, 15) is 0 Å². The van der Waals surface area contributed by atoms with Gasteiger partial charge in [0.25, 0.3) is 0 Å². The minimum Gasteiger partial charge on any atom is -0.316 e. The van der Waals surface area contributed by atoms with E-state index >= 15 is 0 Å². The number of fused-ring (bicyclic) bond motifs is 2. The van der Waals surface area contributed by atoms with Crippen LogP contribution < -0.4 is 10.6 Å². The van der Waals surface area contributed by atoms with Gasteiger partial charge >= 0.3 is 0 Å².